The van der Waals surface area contributed by atoms with Gasteiger partial charge in [-0.3, -0.25) is 9.59 Å². The summed E-state index contributed by atoms with van der Waals surface area (Å²) in [6.45, 7) is 7.78. The van der Waals surface area contributed by atoms with Crippen molar-refractivity contribution in [3.63, 3.8) is 0 Å². The number of nitrogens with one attached hydrogen (secondary N) is 1. The number of fused-ring (bicyclic) bond motifs is 1. The lowest BCUT2D eigenvalue weighted by atomic mass is 9.94. The SMILES string of the molecule is CCn1cc(C(=O)NCc2ccccc2)c(=O)c2cc(S(=O)(=O)N3CC(C)CC(C)C3)ccc21. The molecule has 1 N–H and O–H groups in total. The van der Waals surface area contributed by atoms with Gasteiger partial charge in [0.2, 0.25) is 15.5 Å². The Labute approximate surface area is 200 Å². The van der Waals surface area contributed by atoms with E-state index in [1.54, 1.807) is 22.9 Å². The number of piperidine rings is 1. The Morgan fingerprint density at radius 3 is 2.38 bits per heavy atom. The first-order chi connectivity index (χ1) is 16.2. The van der Waals surface area contributed by atoms with Crippen LogP contribution in [0.5, 0.6) is 0 Å². The molecule has 1 saturated heterocycles. The summed E-state index contributed by atoms with van der Waals surface area (Å²) in [5, 5.41) is 3.03. The third-order valence-corrected chi connectivity index (χ3v) is 8.23. The summed E-state index contributed by atoms with van der Waals surface area (Å²) < 4.78 is 30.1. The van der Waals surface area contributed by atoms with Crippen molar-refractivity contribution in [1.29, 1.82) is 0 Å². The van der Waals surface area contributed by atoms with Gasteiger partial charge in [-0.15, -0.1) is 0 Å². The summed E-state index contributed by atoms with van der Waals surface area (Å²) in [5.41, 5.74) is 1.06. The van der Waals surface area contributed by atoms with E-state index in [1.165, 1.54) is 10.4 Å². The molecule has 1 aliphatic heterocycles. The van der Waals surface area contributed by atoms with Crippen LogP contribution in [0.2, 0.25) is 0 Å². The van der Waals surface area contributed by atoms with Gasteiger partial charge in [-0.1, -0.05) is 44.2 Å². The fraction of sp³-hybridized carbons (Fsp3) is 0.385. The normalized spacial score (nSPS) is 19.3. The minimum Gasteiger partial charge on any atom is -0.348 e. The van der Waals surface area contributed by atoms with Gasteiger partial charge in [0.1, 0.15) is 5.56 Å². The highest BCUT2D eigenvalue weighted by Crippen LogP contribution is 2.28. The number of benzene rings is 2. The van der Waals surface area contributed by atoms with Gasteiger partial charge in [-0.05, 0) is 48.9 Å². The van der Waals surface area contributed by atoms with E-state index in [9.17, 15) is 18.0 Å². The zero-order chi connectivity index (χ0) is 24.5. The number of carbonyl (C=O) groups excluding carboxylic acids is 1. The van der Waals surface area contributed by atoms with Crippen molar-refractivity contribution in [3.05, 3.63) is 76.1 Å². The summed E-state index contributed by atoms with van der Waals surface area (Å²) in [7, 11) is -3.75. The van der Waals surface area contributed by atoms with Crippen molar-refractivity contribution in [2.45, 2.75) is 45.2 Å². The van der Waals surface area contributed by atoms with Gasteiger partial charge in [0.25, 0.3) is 5.91 Å². The average Bonchev–Trinajstić information content (AvgIpc) is 2.82. The number of nitrogens with zero attached hydrogens (tertiary/aromatic N) is 2. The number of carbonyl (C=O) groups is 1. The first-order valence-corrected chi connectivity index (χ1v) is 13.1. The lowest BCUT2D eigenvalue weighted by Crippen LogP contribution is -2.42. The largest absolute Gasteiger partial charge is 0.348 e. The number of aryl methyl sites for hydroxylation is 1. The minimum absolute atomic E-state index is 0.0000426. The van der Waals surface area contributed by atoms with E-state index < -0.39 is 21.4 Å². The Morgan fingerprint density at radius 1 is 1.06 bits per heavy atom. The first kappa shape index (κ1) is 24.2. The number of aromatic nitrogens is 1. The number of pyridine rings is 1. The maximum absolute atomic E-state index is 13.4. The van der Waals surface area contributed by atoms with Gasteiger partial charge >= 0.3 is 0 Å². The lowest BCUT2D eigenvalue weighted by Gasteiger charge is -2.34. The highest BCUT2D eigenvalue weighted by Gasteiger charge is 2.32. The van der Waals surface area contributed by atoms with E-state index in [1.807, 2.05) is 37.3 Å². The summed E-state index contributed by atoms with van der Waals surface area (Å²) in [6.07, 6.45) is 2.54. The van der Waals surface area contributed by atoms with Gasteiger partial charge in [0.15, 0.2) is 0 Å². The molecule has 2 atom stereocenters. The molecular formula is C26H31N3O4S. The Bertz CT molecular complexity index is 1360. The molecular weight excluding hydrogens is 450 g/mol. The molecule has 8 heteroatoms. The molecule has 0 aliphatic carbocycles. The molecule has 0 saturated carbocycles. The molecule has 34 heavy (non-hydrogen) atoms. The Morgan fingerprint density at radius 2 is 1.74 bits per heavy atom. The van der Waals surface area contributed by atoms with Gasteiger partial charge in [-0.25, -0.2) is 8.42 Å². The first-order valence-electron chi connectivity index (χ1n) is 11.7. The predicted octanol–water partition coefficient (Wildman–Crippen LogP) is 3.62. The van der Waals surface area contributed by atoms with Crippen LogP contribution in [-0.4, -0.2) is 36.3 Å². The topological polar surface area (TPSA) is 88.5 Å². The molecule has 0 bridgehead atoms. The smallest absolute Gasteiger partial charge is 0.257 e. The van der Waals surface area contributed by atoms with Crippen LogP contribution in [0.3, 0.4) is 0 Å². The van der Waals surface area contributed by atoms with Crippen molar-refractivity contribution in [3.8, 4) is 0 Å². The van der Waals surface area contributed by atoms with Crippen LogP contribution in [0.25, 0.3) is 10.9 Å². The van der Waals surface area contributed by atoms with Crippen LogP contribution in [0.4, 0.5) is 0 Å². The van der Waals surface area contributed by atoms with Crippen LogP contribution in [0.15, 0.2) is 64.4 Å². The second kappa shape index (κ2) is 9.72. The van der Waals surface area contributed by atoms with Crippen LogP contribution in [-0.2, 0) is 23.1 Å². The van der Waals surface area contributed by atoms with Crippen molar-refractivity contribution in [1.82, 2.24) is 14.2 Å². The van der Waals surface area contributed by atoms with E-state index >= 15 is 0 Å². The number of rotatable bonds is 6. The van der Waals surface area contributed by atoms with Gasteiger partial charge in [0, 0.05) is 37.8 Å². The number of amides is 1. The predicted molar refractivity (Wildman–Crippen MR) is 133 cm³/mol. The molecule has 1 fully saturated rings. The Kier molecular flexibility index (Phi) is 6.91. The fourth-order valence-electron chi connectivity index (χ4n) is 4.78. The standard InChI is InChI=1S/C26H31N3O4S/c1-4-28-17-23(26(31)27-14-20-8-6-5-7-9-20)25(30)22-13-21(10-11-24(22)28)34(32,33)29-15-18(2)12-19(3)16-29/h5-11,13,17-19H,4,12,14-16H2,1-3H3,(H,27,31). The zero-order valence-electron chi connectivity index (χ0n) is 19.8. The molecule has 0 radical (unpaired) electrons. The van der Waals surface area contributed by atoms with Crippen molar-refractivity contribution >= 4 is 26.8 Å². The lowest BCUT2D eigenvalue weighted by molar-refractivity contribution is 0.0949. The zero-order valence-corrected chi connectivity index (χ0v) is 20.6. The summed E-state index contributed by atoms with van der Waals surface area (Å²) in [4.78, 5) is 26.3. The molecule has 4 rings (SSSR count). The van der Waals surface area contributed by atoms with Gasteiger partial charge in [0.05, 0.1) is 10.4 Å². The molecule has 2 heterocycles. The summed E-state index contributed by atoms with van der Waals surface area (Å²) in [6, 6.07) is 14.1. The van der Waals surface area contributed by atoms with E-state index in [4.69, 9.17) is 0 Å². The second-order valence-electron chi connectivity index (χ2n) is 9.27. The maximum Gasteiger partial charge on any atom is 0.257 e. The van der Waals surface area contributed by atoms with Crippen LogP contribution >= 0.6 is 0 Å². The fourth-order valence-corrected chi connectivity index (χ4v) is 6.49. The van der Waals surface area contributed by atoms with Crippen molar-refractivity contribution in [2.24, 2.45) is 11.8 Å². The highest BCUT2D eigenvalue weighted by atomic mass is 32.2. The van der Waals surface area contributed by atoms with Gasteiger partial charge in [-0.2, -0.15) is 4.31 Å². The molecule has 7 nitrogen and oxygen atoms in total. The molecule has 1 amide bonds. The molecule has 2 aromatic carbocycles. The summed E-state index contributed by atoms with van der Waals surface area (Å²) >= 11 is 0. The quantitative estimate of drug-likeness (QED) is 0.583. The molecule has 1 aromatic heterocycles. The van der Waals surface area contributed by atoms with Gasteiger partial charge < -0.3 is 9.88 Å². The number of hydrogen-bond acceptors (Lipinski definition) is 4. The summed E-state index contributed by atoms with van der Waals surface area (Å²) in [5.74, 6) is 0.0670. The Balaban J connectivity index is 1.72. The molecule has 180 valence electrons. The molecule has 2 unspecified atom stereocenters. The second-order valence-corrected chi connectivity index (χ2v) is 11.2. The van der Waals surface area contributed by atoms with Crippen molar-refractivity contribution < 1.29 is 13.2 Å². The van der Waals surface area contributed by atoms with E-state index in [0.717, 1.165) is 12.0 Å². The molecule has 1 aliphatic rings. The molecule has 3 aromatic rings. The molecule has 0 spiro atoms. The maximum atomic E-state index is 13.4. The number of hydrogen-bond donors (Lipinski definition) is 1. The monoisotopic (exact) mass is 481 g/mol. The van der Waals surface area contributed by atoms with E-state index in [2.05, 4.69) is 19.2 Å². The minimum atomic E-state index is -3.75. The van der Waals surface area contributed by atoms with Crippen LogP contribution < -0.4 is 10.7 Å². The third-order valence-electron chi connectivity index (χ3n) is 6.41. The van der Waals surface area contributed by atoms with E-state index in [0.29, 0.717) is 31.7 Å². The van der Waals surface area contributed by atoms with E-state index in [-0.39, 0.29) is 27.7 Å². The van der Waals surface area contributed by atoms with Crippen LogP contribution in [0, 0.1) is 11.8 Å². The average molecular weight is 482 g/mol. The Hall–Kier alpha value is -2.97. The third kappa shape index (κ3) is 4.79. The van der Waals surface area contributed by atoms with Crippen molar-refractivity contribution in [2.75, 3.05) is 13.1 Å². The number of sulfonamides is 1. The van der Waals surface area contributed by atoms with Crippen LogP contribution in [0.1, 0.15) is 43.1 Å². The highest BCUT2D eigenvalue weighted by molar-refractivity contribution is 7.89.